The van der Waals surface area contributed by atoms with Gasteiger partial charge in [0.1, 0.15) is 16.4 Å². The molecule has 0 radical (unpaired) electrons. The Morgan fingerprint density at radius 1 is 0.909 bits per heavy atom. The van der Waals surface area contributed by atoms with Crippen molar-refractivity contribution in [2.45, 2.75) is 4.90 Å². The second-order valence-corrected chi connectivity index (χ2v) is 8.62. The lowest BCUT2D eigenvalue weighted by molar-refractivity contribution is -0.565. The third-order valence-corrected chi connectivity index (χ3v) is 6.26. The van der Waals surface area contributed by atoms with Crippen LogP contribution in [0.25, 0.3) is 43.5 Å². The Morgan fingerprint density at radius 2 is 1.70 bits per heavy atom. The van der Waals surface area contributed by atoms with Crippen LogP contribution in [-0.4, -0.2) is 24.2 Å². The summed E-state index contributed by atoms with van der Waals surface area (Å²) in [6.45, 7) is 0. The second kappa shape index (κ2) is 7.64. The van der Waals surface area contributed by atoms with Crippen LogP contribution in [0.5, 0.6) is 0 Å². The van der Waals surface area contributed by atoms with E-state index >= 15 is 0 Å². The number of carbonyl (C=O) groups excluding carboxylic acids is 1. The van der Waals surface area contributed by atoms with Crippen molar-refractivity contribution >= 4 is 27.2 Å². The third kappa shape index (κ3) is 3.44. The van der Waals surface area contributed by atoms with Gasteiger partial charge in [-0.05, 0) is 45.7 Å². The van der Waals surface area contributed by atoms with Gasteiger partial charge in [-0.3, -0.25) is 4.79 Å². The molecule has 9 nitrogen and oxygen atoms in total. The van der Waals surface area contributed by atoms with Crippen molar-refractivity contribution in [2.75, 3.05) is 0 Å². The highest BCUT2D eigenvalue weighted by Crippen LogP contribution is 2.37. The van der Waals surface area contributed by atoms with Gasteiger partial charge in [-0.1, -0.05) is 54.6 Å². The zero-order valence-electron chi connectivity index (χ0n) is 16.8. The van der Waals surface area contributed by atoms with Crippen LogP contribution in [0.2, 0.25) is 0 Å². The Labute approximate surface area is 186 Å². The molecule has 4 aromatic rings. The monoisotopic (exact) mass is 455 g/mol. The highest BCUT2D eigenvalue weighted by Gasteiger charge is 2.25. The molecule has 10 heteroatoms. The van der Waals surface area contributed by atoms with Gasteiger partial charge in [-0.2, -0.15) is 0 Å². The van der Waals surface area contributed by atoms with E-state index in [1.807, 2.05) is 42.5 Å². The van der Waals surface area contributed by atoms with E-state index in [2.05, 4.69) is 15.1 Å². The van der Waals surface area contributed by atoms with Gasteiger partial charge < -0.3 is 4.55 Å². The smallest absolute Gasteiger partial charge is 0.221 e. The van der Waals surface area contributed by atoms with E-state index in [9.17, 15) is 17.8 Å². The van der Waals surface area contributed by atoms with Crippen LogP contribution in [0.1, 0.15) is 10.4 Å². The first kappa shape index (κ1) is 20.5. The summed E-state index contributed by atoms with van der Waals surface area (Å²) in [4.78, 5) is 14.6. The molecule has 0 N–H and O–H groups in total. The molecule has 0 spiro atoms. The van der Waals surface area contributed by atoms with Crippen LogP contribution in [-0.2, 0) is 10.1 Å². The van der Waals surface area contributed by atoms with Crippen LogP contribution in [0.15, 0.2) is 87.9 Å². The van der Waals surface area contributed by atoms with E-state index in [0.717, 1.165) is 22.4 Å². The fourth-order valence-electron chi connectivity index (χ4n) is 4.00. The molecule has 33 heavy (non-hydrogen) atoms. The van der Waals surface area contributed by atoms with E-state index in [0.29, 0.717) is 22.3 Å². The summed E-state index contributed by atoms with van der Waals surface area (Å²) in [5.74, 6) is 0. The quantitative estimate of drug-likeness (QED) is 0.116. The lowest BCUT2D eigenvalue weighted by Gasteiger charge is -2.16. The first-order chi connectivity index (χ1) is 15.9. The molecule has 0 aliphatic carbocycles. The number of hydrogen-bond acceptors (Lipinski definition) is 4. The summed E-state index contributed by atoms with van der Waals surface area (Å²) in [5, 5.41) is 10.1. The van der Waals surface area contributed by atoms with Gasteiger partial charge >= 0.3 is 0 Å². The molecule has 1 heterocycles. The Hall–Kier alpha value is -4.37. The van der Waals surface area contributed by atoms with E-state index in [-0.39, 0.29) is 21.8 Å². The number of aldehydes is 1. The van der Waals surface area contributed by atoms with Crippen molar-refractivity contribution in [3.05, 3.63) is 99.5 Å². The lowest BCUT2D eigenvalue weighted by atomic mass is 9.90. The molecule has 1 aliphatic heterocycles. The minimum atomic E-state index is -4.94. The first-order valence-electron chi connectivity index (χ1n) is 9.70. The molecule has 4 aromatic carbocycles. The van der Waals surface area contributed by atoms with Crippen molar-refractivity contribution < 1.29 is 22.7 Å². The van der Waals surface area contributed by atoms with Crippen LogP contribution in [0.3, 0.4) is 0 Å². The molecule has 0 bridgehead atoms. The Bertz CT molecular complexity index is 1770. The van der Waals surface area contributed by atoms with Gasteiger partial charge in [0.15, 0.2) is 5.53 Å². The molecule has 1 aliphatic rings. The minimum Gasteiger partial charge on any atom is -0.744 e. The lowest BCUT2D eigenvalue weighted by Crippen LogP contribution is -2.26. The predicted molar refractivity (Wildman–Crippen MR) is 117 cm³/mol. The number of rotatable bonds is 4. The molecule has 0 saturated carbocycles. The molecule has 0 fully saturated rings. The maximum Gasteiger partial charge on any atom is 0.221 e. The molecule has 5 rings (SSSR count). The van der Waals surface area contributed by atoms with Crippen LogP contribution in [0, 0.1) is 0 Å². The largest absolute Gasteiger partial charge is 0.744 e. The van der Waals surface area contributed by atoms with Crippen LogP contribution >= 0.6 is 0 Å². The summed E-state index contributed by atoms with van der Waals surface area (Å²) in [5.41, 5.74) is 11.0. The fraction of sp³-hybridized carbons (Fsp3) is 0. The van der Waals surface area contributed by atoms with Crippen LogP contribution < -0.4 is 10.7 Å². The summed E-state index contributed by atoms with van der Waals surface area (Å²) >= 11 is 0. The zero-order valence-corrected chi connectivity index (χ0v) is 17.6. The van der Waals surface area contributed by atoms with E-state index in [1.54, 1.807) is 12.1 Å². The Balaban J connectivity index is 1.98. The molecular formula is C23H13N5O4S. The molecule has 0 aromatic heterocycles. The number of nitrogens with zero attached hydrogens (tertiary/aromatic N) is 5. The van der Waals surface area contributed by atoms with Gasteiger partial charge in [-0.15, -0.1) is 0 Å². The highest BCUT2D eigenvalue weighted by molar-refractivity contribution is 7.85. The van der Waals surface area contributed by atoms with Crippen LogP contribution in [0.4, 0.5) is 0 Å². The maximum absolute atomic E-state index is 12.2. The molecule has 0 unspecified atom stereocenters. The van der Waals surface area contributed by atoms with Crippen molar-refractivity contribution in [3.8, 4) is 22.3 Å². The molecular weight excluding hydrogens is 442 g/mol. The molecule has 0 atom stereocenters. The first-order valence-corrected chi connectivity index (χ1v) is 11.1. The molecule has 160 valence electrons. The topological polar surface area (TPSA) is 138 Å². The number of benzene rings is 4. The number of hydrogen-bond donors (Lipinski definition) is 0. The molecule has 0 amide bonds. The summed E-state index contributed by atoms with van der Waals surface area (Å²) in [6.07, 6.45) is 0.627. The average Bonchev–Trinajstić information content (AvgIpc) is 3.26. The second-order valence-electron chi connectivity index (χ2n) is 7.27. The summed E-state index contributed by atoms with van der Waals surface area (Å²) in [6, 6.07) is 20.6. The summed E-state index contributed by atoms with van der Waals surface area (Å²) in [7, 11) is -4.94. The number of fused-ring (bicyclic) bond motifs is 2. The Morgan fingerprint density at radius 3 is 2.45 bits per heavy atom. The highest BCUT2D eigenvalue weighted by atomic mass is 32.2. The van der Waals surface area contributed by atoms with E-state index in [1.165, 1.54) is 12.1 Å². The average molecular weight is 455 g/mol. The van der Waals surface area contributed by atoms with Gasteiger partial charge in [0.25, 0.3) is 0 Å². The van der Waals surface area contributed by atoms with Crippen molar-refractivity contribution in [2.24, 2.45) is 10.2 Å². The van der Waals surface area contributed by atoms with Crippen molar-refractivity contribution in [1.82, 2.24) is 0 Å². The van der Waals surface area contributed by atoms with Gasteiger partial charge in [0, 0.05) is 26.2 Å². The standard InChI is InChI=1S/C23H13N5O4S/c24-27-28-25-20-10-11-21(33(30,31)32)22(23(20)26-28)19-12-14(13-29)8-9-18(19)17-7-3-5-15-4-1-2-6-16(15)17/h1-13H. The SMILES string of the molecule is [N-]=[N+]=[N+]1N=c2ccc(S(=O)(=O)[O-])c(-c3cc(C=O)ccc3-c3cccc4ccccc34)c2=N1. The van der Waals surface area contributed by atoms with Crippen molar-refractivity contribution in [1.29, 1.82) is 0 Å². The number of carbonyl (C=O) groups is 1. The van der Waals surface area contributed by atoms with Gasteiger partial charge in [0.2, 0.25) is 15.6 Å². The zero-order chi connectivity index (χ0) is 23.2. The summed E-state index contributed by atoms with van der Waals surface area (Å²) < 4.78 is 36.6. The predicted octanol–water partition coefficient (Wildman–Crippen LogP) is 3.30. The minimum absolute atomic E-state index is 0.0240. The van der Waals surface area contributed by atoms with E-state index < -0.39 is 15.0 Å². The van der Waals surface area contributed by atoms with Crippen molar-refractivity contribution in [3.63, 3.8) is 0 Å². The molecule has 0 saturated heterocycles. The van der Waals surface area contributed by atoms with Gasteiger partial charge in [0.05, 0.1) is 4.90 Å². The normalized spacial score (nSPS) is 12.6. The third-order valence-electron chi connectivity index (χ3n) is 5.38. The Kier molecular flexibility index (Phi) is 4.75. The fourth-order valence-corrected chi connectivity index (χ4v) is 4.69. The van der Waals surface area contributed by atoms with Gasteiger partial charge in [-0.25, -0.2) is 8.42 Å². The maximum atomic E-state index is 12.2. The van der Waals surface area contributed by atoms with E-state index in [4.69, 9.17) is 5.53 Å².